The lowest BCUT2D eigenvalue weighted by Gasteiger charge is -2.21. The van der Waals surface area contributed by atoms with E-state index in [1.807, 2.05) is 31.2 Å². The van der Waals surface area contributed by atoms with E-state index in [1.54, 1.807) is 36.2 Å². The molecule has 0 spiro atoms. The fourth-order valence-corrected chi connectivity index (χ4v) is 3.10. The molecule has 1 amide bonds. The van der Waals surface area contributed by atoms with Crippen LogP contribution in [0.15, 0.2) is 59.9 Å². The molecule has 3 rings (SSSR count). The Morgan fingerprint density at radius 1 is 1.26 bits per heavy atom. The molecule has 0 aliphatic carbocycles. The van der Waals surface area contributed by atoms with Crippen LogP contribution in [-0.2, 0) is 13.6 Å². The summed E-state index contributed by atoms with van der Waals surface area (Å²) in [6.45, 7) is 6.40. The number of amides is 1. The zero-order valence-electron chi connectivity index (χ0n) is 15.3. The number of nitrogens with zero attached hydrogens (tertiary/aromatic N) is 3. The van der Waals surface area contributed by atoms with E-state index in [1.165, 1.54) is 4.68 Å². The van der Waals surface area contributed by atoms with E-state index >= 15 is 0 Å². The molecule has 0 saturated heterocycles. The monoisotopic (exact) mass is 381 g/mol. The van der Waals surface area contributed by atoms with Gasteiger partial charge in [-0.15, -0.1) is 6.58 Å². The van der Waals surface area contributed by atoms with Crippen LogP contribution in [0.25, 0.3) is 10.9 Å². The minimum Gasteiger partial charge on any atom is -0.329 e. The third kappa shape index (κ3) is 3.93. The number of rotatable bonds is 5. The second-order valence-electron chi connectivity index (χ2n) is 6.42. The number of carbonyl (C=O) groups is 1. The predicted octanol–water partition coefficient (Wildman–Crippen LogP) is 3.72. The molecule has 6 heteroatoms. The average Bonchev–Trinajstić information content (AvgIpc) is 2.65. The fourth-order valence-electron chi connectivity index (χ4n) is 2.93. The van der Waals surface area contributed by atoms with Crippen LogP contribution in [0.1, 0.15) is 21.6 Å². The van der Waals surface area contributed by atoms with Gasteiger partial charge in [0.25, 0.3) is 5.91 Å². The first-order valence-electron chi connectivity index (χ1n) is 8.53. The molecule has 0 saturated carbocycles. The van der Waals surface area contributed by atoms with Crippen LogP contribution < -0.4 is 5.43 Å². The van der Waals surface area contributed by atoms with Crippen molar-refractivity contribution in [3.05, 3.63) is 87.2 Å². The molecule has 0 fully saturated rings. The number of aryl methyl sites for hydroxylation is 2. The van der Waals surface area contributed by atoms with Gasteiger partial charge in [-0.2, -0.15) is 5.10 Å². The van der Waals surface area contributed by atoms with E-state index in [4.69, 9.17) is 11.6 Å². The van der Waals surface area contributed by atoms with Crippen molar-refractivity contribution in [1.29, 1.82) is 0 Å². The molecule has 0 aliphatic heterocycles. The smallest absolute Gasteiger partial charge is 0.278 e. The standard InChI is InChI=1S/C21H20ClN3O2/c1-4-11-25(13-15-7-5-14(2)6-8-15)21(27)19-20(26)17-12-16(22)9-10-18(17)24(3)23-19/h4-10,12H,1,11,13H2,2-3H3. The average molecular weight is 382 g/mol. The highest BCUT2D eigenvalue weighted by Gasteiger charge is 2.22. The maximum atomic E-state index is 13.1. The lowest BCUT2D eigenvalue weighted by Crippen LogP contribution is -2.36. The van der Waals surface area contributed by atoms with Crippen molar-refractivity contribution in [3.63, 3.8) is 0 Å². The molecule has 138 valence electrons. The summed E-state index contributed by atoms with van der Waals surface area (Å²) in [6.07, 6.45) is 1.63. The van der Waals surface area contributed by atoms with Gasteiger partial charge in [0.1, 0.15) is 0 Å². The second-order valence-corrected chi connectivity index (χ2v) is 6.86. The maximum Gasteiger partial charge on any atom is 0.278 e. The Labute approximate surface area is 162 Å². The topological polar surface area (TPSA) is 55.2 Å². The van der Waals surface area contributed by atoms with Crippen molar-refractivity contribution in [2.45, 2.75) is 13.5 Å². The molecular formula is C21H20ClN3O2. The molecule has 27 heavy (non-hydrogen) atoms. The summed E-state index contributed by atoms with van der Waals surface area (Å²) in [5.74, 6) is -0.432. The van der Waals surface area contributed by atoms with Gasteiger partial charge in [0.15, 0.2) is 5.69 Å². The molecule has 1 heterocycles. The summed E-state index contributed by atoms with van der Waals surface area (Å²) in [6, 6.07) is 12.9. The van der Waals surface area contributed by atoms with Gasteiger partial charge in [-0.05, 0) is 30.7 Å². The van der Waals surface area contributed by atoms with E-state index in [0.29, 0.717) is 29.0 Å². The Kier molecular flexibility index (Phi) is 5.42. The maximum absolute atomic E-state index is 13.1. The van der Waals surface area contributed by atoms with Gasteiger partial charge in [-0.3, -0.25) is 14.3 Å². The van der Waals surface area contributed by atoms with Crippen LogP contribution in [0.3, 0.4) is 0 Å². The van der Waals surface area contributed by atoms with Crippen molar-refractivity contribution < 1.29 is 4.79 Å². The van der Waals surface area contributed by atoms with Gasteiger partial charge >= 0.3 is 0 Å². The first-order chi connectivity index (χ1) is 12.9. The fraction of sp³-hybridized carbons (Fsp3) is 0.190. The number of fused-ring (bicyclic) bond motifs is 1. The highest BCUT2D eigenvalue weighted by molar-refractivity contribution is 6.31. The Morgan fingerprint density at radius 3 is 2.63 bits per heavy atom. The van der Waals surface area contributed by atoms with Gasteiger partial charge in [-0.1, -0.05) is 47.5 Å². The summed E-state index contributed by atoms with van der Waals surface area (Å²) in [5.41, 5.74) is 2.18. The van der Waals surface area contributed by atoms with E-state index in [-0.39, 0.29) is 5.69 Å². The van der Waals surface area contributed by atoms with Crippen molar-refractivity contribution in [1.82, 2.24) is 14.7 Å². The Hall–Kier alpha value is -2.92. The molecule has 0 unspecified atom stereocenters. The minimum absolute atomic E-state index is 0.124. The zero-order chi connectivity index (χ0) is 19.6. The van der Waals surface area contributed by atoms with Crippen LogP contribution in [0.2, 0.25) is 5.02 Å². The number of benzene rings is 2. The minimum atomic E-state index is -0.432. The normalized spacial score (nSPS) is 10.8. The molecular weight excluding hydrogens is 362 g/mol. The Morgan fingerprint density at radius 2 is 1.96 bits per heavy atom. The zero-order valence-corrected chi connectivity index (χ0v) is 16.0. The summed E-state index contributed by atoms with van der Waals surface area (Å²) in [4.78, 5) is 27.5. The van der Waals surface area contributed by atoms with Gasteiger partial charge in [0.2, 0.25) is 5.43 Å². The van der Waals surface area contributed by atoms with E-state index in [0.717, 1.165) is 11.1 Å². The van der Waals surface area contributed by atoms with E-state index in [2.05, 4.69) is 11.7 Å². The van der Waals surface area contributed by atoms with Gasteiger partial charge in [-0.25, -0.2) is 0 Å². The molecule has 0 atom stereocenters. The lowest BCUT2D eigenvalue weighted by molar-refractivity contribution is 0.0753. The number of hydrogen-bond donors (Lipinski definition) is 0. The second kappa shape index (κ2) is 7.76. The highest BCUT2D eigenvalue weighted by Crippen LogP contribution is 2.17. The first-order valence-corrected chi connectivity index (χ1v) is 8.91. The van der Waals surface area contributed by atoms with Crippen molar-refractivity contribution >= 4 is 28.4 Å². The number of aromatic nitrogens is 2. The Bertz CT molecular complexity index is 1070. The van der Waals surface area contributed by atoms with E-state index in [9.17, 15) is 9.59 Å². The largest absolute Gasteiger partial charge is 0.329 e. The first kappa shape index (κ1) is 18.9. The van der Waals surface area contributed by atoms with E-state index < -0.39 is 11.3 Å². The van der Waals surface area contributed by atoms with Crippen molar-refractivity contribution in [2.75, 3.05) is 6.54 Å². The number of carbonyl (C=O) groups excluding carboxylic acids is 1. The predicted molar refractivity (Wildman–Crippen MR) is 108 cm³/mol. The molecule has 3 aromatic rings. The molecule has 0 radical (unpaired) electrons. The number of hydrogen-bond acceptors (Lipinski definition) is 3. The lowest BCUT2D eigenvalue weighted by atomic mass is 10.1. The highest BCUT2D eigenvalue weighted by atomic mass is 35.5. The summed E-state index contributed by atoms with van der Waals surface area (Å²) in [7, 11) is 1.70. The van der Waals surface area contributed by atoms with Crippen LogP contribution in [-0.4, -0.2) is 27.1 Å². The van der Waals surface area contributed by atoms with Crippen LogP contribution in [0.5, 0.6) is 0 Å². The molecule has 5 nitrogen and oxygen atoms in total. The molecule has 0 bridgehead atoms. The summed E-state index contributed by atoms with van der Waals surface area (Å²) in [5, 5.41) is 5.03. The SMILES string of the molecule is C=CCN(Cc1ccc(C)cc1)C(=O)c1nn(C)c2ccc(Cl)cc2c1=O. The Balaban J connectivity index is 2.03. The molecule has 1 aromatic heterocycles. The third-order valence-corrected chi connectivity index (χ3v) is 4.59. The van der Waals surface area contributed by atoms with Crippen molar-refractivity contribution in [3.8, 4) is 0 Å². The van der Waals surface area contributed by atoms with Crippen LogP contribution >= 0.6 is 11.6 Å². The number of halogens is 1. The summed E-state index contributed by atoms with van der Waals surface area (Å²) >= 11 is 6.03. The van der Waals surface area contributed by atoms with Crippen LogP contribution in [0.4, 0.5) is 0 Å². The van der Waals surface area contributed by atoms with Crippen molar-refractivity contribution in [2.24, 2.45) is 7.05 Å². The quantitative estimate of drug-likeness (QED) is 0.633. The summed E-state index contributed by atoms with van der Waals surface area (Å²) < 4.78 is 1.53. The molecule has 0 aliphatic rings. The van der Waals surface area contributed by atoms with Crippen LogP contribution in [0, 0.1) is 6.92 Å². The third-order valence-electron chi connectivity index (χ3n) is 4.35. The van der Waals surface area contributed by atoms with Gasteiger partial charge in [0, 0.05) is 25.2 Å². The van der Waals surface area contributed by atoms with Gasteiger partial charge in [0.05, 0.1) is 10.9 Å². The molecule has 0 N–H and O–H groups in total. The molecule has 2 aromatic carbocycles. The van der Waals surface area contributed by atoms with Gasteiger partial charge < -0.3 is 4.90 Å².